The second-order valence-electron chi connectivity index (χ2n) is 19.5. The van der Waals surface area contributed by atoms with Gasteiger partial charge in [-0.2, -0.15) is 0 Å². The van der Waals surface area contributed by atoms with Crippen molar-refractivity contribution in [2.24, 2.45) is 0 Å². The van der Waals surface area contributed by atoms with Crippen LogP contribution in [0.1, 0.15) is 147 Å². The Morgan fingerprint density at radius 3 is 1.60 bits per heavy atom. The third kappa shape index (κ3) is 10.5. The van der Waals surface area contributed by atoms with Crippen LogP contribution in [0.2, 0.25) is 0 Å². The van der Waals surface area contributed by atoms with Crippen molar-refractivity contribution in [1.82, 2.24) is 9.80 Å². The Morgan fingerprint density at radius 1 is 0.635 bits per heavy atom. The van der Waals surface area contributed by atoms with E-state index in [1.165, 1.54) is 47.5 Å². The lowest BCUT2D eigenvalue weighted by Gasteiger charge is -2.34. The first-order valence-corrected chi connectivity index (χ1v) is 22.5. The van der Waals surface area contributed by atoms with Crippen LogP contribution in [0, 0.1) is 10.1 Å². The van der Waals surface area contributed by atoms with Gasteiger partial charge in [0.15, 0.2) is 0 Å². The Labute approximate surface area is 370 Å². The number of ether oxygens (including phenoxy) is 2. The molecule has 3 heterocycles. The zero-order valence-corrected chi connectivity index (χ0v) is 37.5. The van der Waals surface area contributed by atoms with Crippen molar-refractivity contribution < 1.29 is 33.6 Å². The maximum Gasteiger partial charge on any atom is 0.410 e. The molecule has 63 heavy (non-hydrogen) atoms. The van der Waals surface area contributed by atoms with Crippen LogP contribution in [0.4, 0.5) is 38.0 Å². The number of nitrogens with zero attached hydrogens (tertiary/aromatic N) is 4. The zero-order chi connectivity index (χ0) is 45.2. The van der Waals surface area contributed by atoms with Crippen molar-refractivity contribution >= 4 is 52.4 Å². The number of benzene rings is 3. The monoisotopic (exact) mass is 865 g/mol. The molecular formula is C48H63N7O8. The molecule has 0 spiro atoms. The third-order valence-electron chi connectivity index (χ3n) is 12.6. The summed E-state index contributed by atoms with van der Waals surface area (Å²) < 4.78 is 11.1. The Kier molecular flexibility index (Phi) is 13.2. The largest absolute Gasteiger partial charge is 0.444 e. The molecule has 0 unspecified atom stereocenters. The maximum absolute atomic E-state index is 13.6. The van der Waals surface area contributed by atoms with Crippen molar-refractivity contribution in [1.29, 1.82) is 0 Å². The van der Waals surface area contributed by atoms with Gasteiger partial charge >= 0.3 is 12.2 Å². The summed E-state index contributed by atoms with van der Waals surface area (Å²) in [6.45, 7) is 11.4. The summed E-state index contributed by atoms with van der Waals surface area (Å²) in [6.07, 6.45) is 8.54. The number of anilines is 4. The first kappa shape index (κ1) is 45.2. The van der Waals surface area contributed by atoms with E-state index in [1.807, 2.05) is 18.2 Å². The van der Waals surface area contributed by atoms with E-state index >= 15 is 0 Å². The number of likely N-dealkylation sites (tertiary alicyclic amines) is 2. The lowest BCUT2D eigenvalue weighted by molar-refractivity contribution is -0.384. The molecule has 4 N–H and O–H groups in total. The number of hydrogen-bond acceptors (Lipinski definition) is 10. The first-order valence-electron chi connectivity index (χ1n) is 22.5. The number of nitrogens with one attached hydrogen (secondary N) is 2. The predicted octanol–water partition coefficient (Wildman–Crippen LogP) is 9.98. The van der Waals surface area contributed by atoms with Gasteiger partial charge in [-0.05, 0) is 146 Å². The Morgan fingerprint density at radius 2 is 1.11 bits per heavy atom. The number of carbonyl (C=O) groups excluding carboxylic acids is 4. The van der Waals surface area contributed by atoms with Crippen molar-refractivity contribution in [3.63, 3.8) is 0 Å². The minimum absolute atomic E-state index is 0.0555. The molecule has 1 saturated carbocycles. The average Bonchev–Trinajstić information content (AvgIpc) is 4.02. The molecule has 3 aliphatic heterocycles. The molecule has 1 aliphatic carbocycles. The van der Waals surface area contributed by atoms with Crippen LogP contribution in [0.5, 0.6) is 0 Å². The number of hydrogen-bond donors (Lipinski definition) is 3. The highest BCUT2D eigenvalue weighted by atomic mass is 16.6. The maximum atomic E-state index is 13.6. The molecule has 15 heteroatoms. The molecule has 4 aliphatic rings. The number of carbonyl (C=O) groups is 4. The number of amides is 4. The van der Waals surface area contributed by atoms with Gasteiger partial charge in [0.05, 0.1) is 28.4 Å². The standard InChI is InChI=1S/C48H63N7O8/c1-47(2,3)62-45(58)52-26-10-14-40(52)43(56)50-36-22-18-32(28-35(36)49)38-24-25-39(54(38)34-20-16-31(17-21-34)30-12-8-7-9-13-30)33-19-23-37(42(29-33)55(60)61)51-44(57)41-15-11-27-53(41)46(59)63-48(4,5)6/h16-23,28-30,38-41H,7-15,24-27,49H2,1-6H3,(H,50,56)(H,51,57)/t38-,39-,40+,41+/m1/s1. The van der Waals surface area contributed by atoms with Gasteiger partial charge in [-0.25, -0.2) is 9.59 Å². The Bertz CT molecular complexity index is 2190. The van der Waals surface area contributed by atoms with Crippen LogP contribution in [-0.4, -0.2) is 75.1 Å². The van der Waals surface area contributed by atoms with Crippen LogP contribution in [-0.2, 0) is 19.1 Å². The fraction of sp³-hybridized carbons (Fsp3) is 0.542. The van der Waals surface area contributed by atoms with Gasteiger partial charge in [0, 0.05) is 24.8 Å². The zero-order valence-electron chi connectivity index (χ0n) is 37.5. The highest BCUT2D eigenvalue weighted by Crippen LogP contribution is 2.49. The average molecular weight is 866 g/mol. The summed E-state index contributed by atoms with van der Waals surface area (Å²) in [5.41, 5.74) is 9.80. The van der Waals surface area contributed by atoms with Crippen LogP contribution >= 0.6 is 0 Å². The first-order chi connectivity index (χ1) is 29.9. The van der Waals surface area contributed by atoms with E-state index in [0.717, 1.165) is 16.8 Å². The molecule has 0 radical (unpaired) electrons. The van der Waals surface area contributed by atoms with Gasteiger partial charge in [-0.3, -0.25) is 29.5 Å². The lowest BCUT2D eigenvalue weighted by atomic mass is 9.84. The predicted molar refractivity (Wildman–Crippen MR) is 243 cm³/mol. The summed E-state index contributed by atoms with van der Waals surface area (Å²) >= 11 is 0. The molecule has 3 aromatic rings. The number of nitrogens with two attached hydrogens (primary N) is 1. The van der Waals surface area contributed by atoms with Crippen molar-refractivity contribution in [2.75, 3.05) is 34.4 Å². The SMILES string of the molecule is CC(C)(C)OC(=O)N1CCC[C@H]1C(=O)Nc1ccc([C@H]2CC[C@H](c3ccc(NC(=O)[C@@H]4CCCN4C(=O)OC(C)(C)C)c([N+](=O)[O-])c3)N2c2ccc(C3CCCCC3)cc2)cc1N. The smallest absolute Gasteiger partial charge is 0.410 e. The van der Waals surface area contributed by atoms with Crippen LogP contribution in [0.15, 0.2) is 60.7 Å². The number of nitrogen functional groups attached to an aromatic ring is 1. The van der Waals surface area contributed by atoms with Crippen LogP contribution in [0.3, 0.4) is 0 Å². The lowest BCUT2D eigenvalue weighted by Crippen LogP contribution is -2.45. The normalized spacial score (nSPS) is 21.9. The molecule has 7 rings (SSSR count). The van der Waals surface area contributed by atoms with E-state index in [9.17, 15) is 29.3 Å². The number of nitro groups is 1. The van der Waals surface area contributed by atoms with Gasteiger partial charge < -0.3 is 30.7 Å². The van der Waals surface area contributed by atoms with Gasteiger partial charge in [0.2, 0.25) is 11.8 Å². The van der Waals surface area contributed by atoms with Crippen LogP contribution in [0.25, 0.3) is 0 Å². The molecule has 3 saturated heterocycles. The minimum atomic E-state index is -0.816. The van der Waals surface area contributed by atoms with E-state index in [2.05, 4.69) is 39.8 Å². The molecule has 0 aromatic heterocycles. The Hall–Kier alpha value is -5.86. The highest BCUT2D eigenvalue weighted by molar-refractivity contribution is 5.99. The van der Waals surface area contributed by atoms with Gasteiger partial charge in [0.25, 0.3) is 5.69 Å². The summed E-state index contributed by atoms with van der Waals surface area (Å²) in [5.74, 6) is -0.314. The topological polar surface area (TPSA) is 190 Å². The van der Waals surface area contributed by atoms with Gasteiger partial charge in [0.1, 0.15) is 29.0 Å². The summed E-state index contributed by atoms with van der Waals surface area (Å²) in [6, 6.07) is 17.4. The quantitative estimate of drug-likeness (QED) is 0.106. The van der Waals surface area contributed by atoms with Crippen molar-refractivity contribution in [3.8, 4) is 0 Å². The fourth-order valence-electron chi connectivity index (χ4n) is 9.68. The van der Waals surface area contributed by atoms with Crippen molar-refractivity contribution in [2.45, 2.75) is 153 Å². The third-order valence-corrected chi connectivity index (χ3v) is 12.6. The van der Waals surface area contributed by atoms with E-state index in [1.54, 1.807) is 59.7 Å². The van der Waals surface area contributed by atoms with Crippen LogP contribution < -0.4 is 21.3 Å². The number of nitro benzene ring substituents is 1. The fourth-order valence-corrected chi connectivity index (χ4v) is 9.68. The van der Waals surface area contributed by atoms with E-state index in [0.29, 0.717) is 68.9 Å². The minimum Gasteiger partial charge on any atom is -0.444 e. The van der Waals surface area contributed by atoms with E-state index in [4.69, 9.17) is 15.2 Å². The Balaban J connectivity index is 1.14. The molecule has 4 amide bonds. The molecule has 4 atom stereocenters. The molecule has 4 fully saturated rings. The molecule has 15 nitrogen and oxygen atoms in total. The summed E-state index contributed by atoms with van der Waals surface area (Å²) in [4.78, 5) is 70.4. The summed E-state index contributed by atoms with van der Waals surface area (Å²) in [7, 11) is 0. The second-order valence-corrected chi connectivity index (χ2v) is 19.5. The molecular weight excluding hydrogens is 803 g/mol. The van der Waals surface area contributed by atoms with E-state index in [-0.39, 0.29) is 29.4 Å². The number of rotatable bonds is 9. The van der Waals surface area contributed by atoms with Crippen molar-refractivity contribution in [3.05, 3.63) is 87.5 Å². The molecule has 0 bridgehead atoms. The molecule has 338 valence electrons. The second kappa shape index (κ2) is 18.5. The van der Waals surface area contributed by atoms with Gasteiger partial charge in [-0.15, -0.1) is 0 Å². The summed E-state index contributed by atoms with van der Waals surface area (Å²) in [5, 5.41) is 18.4. The van der Waals surface area contributed by atoms with Gasteiger partial charge in [-0.1, -0.05) is 43.5 Å². The molecule has 3 aromatic carbocycles. The highest BCUT2D eigenvalue weighted by Gasteiger charge is 2.40. The van der Waals surface area contributed by atoms with E-state index < -0.39 is 46.3 Å².